The molecule has 0 bridgehead atoms. The van der Waals surface area contributed by atoms with Crippen LogP contribution < -0.4 is 10.9 Å². The monoisotopic (exact) mass is 368 g/mol. The fraction of sp³-hybridized carbons (Fsp3) is 0.286. The van der Waals surface area contributed by atoms with E-state index in [1.54, 1.807) is 42.5 Å². The van der Waals surface area contributed by atoms with Crippen molar-refractivity contribution in [3.05, 3.63) is 71.3 Å². The first kappa shape index (κ1) is 20.2. The van der Waals surface area contributed by atoms with Crippen molar-refractivity contribution < 1.29 is 19.1 Å². The minimum absolute atomic E-state index is 0.0213. The predicted molar refractivity (Wildman–Crippen MR) is 102 cm³/mol. The molecule has 0 saturated heterocycles. The Hall–Kier alpha value is -3.15. The van der Waals surface area contributed by atoms with Gasteiger partial charge in [-0.3, -0.25) is 20.4 Å². The highest BCUT2D eigenvalue weighted by Crippen LogP contribution is 2.22. The molecule has 0 aliphatic rings. The molecule has 0 aliphatic carbocycles. The number of hydrogen-bond acceptors (Lipinski definition) is 4. The van der Waals surface area contributed by atoms with Crippen molar-refractivity contribution in [3.8, 4) is 0 Å². The van der Waals surface area contributed by atoms with Crippen molar-refractivity contribution in [1.82, 2.24) is 10.9 Å². The number of hydrogen-bond donors (Lipinski definition) is 2. The van der Waals surface area contributed by atoms with Gasteiger partial charge in [0.05, 0.1) is 5.56 Å². The molecule has 2 N–H and O–H groups in total. The number of rotatable bonds is 4. The molecule has 0 fully saturated rings. The van der Waals surface area contributed by atoms with Gasteiger partial charge in [0, 0.05) is 5.56 Å². The van der Waals surface area contributed by atoms with Crippen LogP contribution in [0.1, 0.15) is 54.0 Å². The number of nitrogens with one attached hydrogen (secondary N) is 2. The Bertz CT molecular complexity index is 808. The number of hydrazine groups is 1. The Balaban J connectivity index is 1.88. The first-order valence-corrected chi connectivity index (χ1v) is 8.65. The molecule has 2 amide bonds. The first-order valence-electron chi connectivity index (χ1n) is 8.65. The van der Waals surface area contributed by atoms with Crippen LogP contribution in [0.4, 0.5) is 0 Å². The Morgan fingerprint density at radius 2 is 1.44 bits per heavy atom. The fourth-order valence-electron chi connectivity index (χ4n) is 2.27. The molecule has 1 atom stereocenters. The van der Waals surface area contributed by atoms with Crippen molar-refractivity contribution in [2.75, 3.05) is 0 Å². The molecule has 6 heteroatoms. The van der Waals surface area contributed by atoms with Crippen molar-refractivity contribution in [2.45, 2.75) is 39.2 Å². The summed E-state index contributed by atoms with van der Waals surface area (Å²) in [4.78, 5) is 36.1. The zero-order chi connectivity index (χ0) is 20.0. The summed E-state index contributed by atoms with van der Waals surface area (Å²) in [7, 11) is 0. The van der Waals surface area contributed by atoms with Crippen LogP contribution in [0.5, 0.6) is 0 Å². The summed E-state index contributed by atoms with van der Waals surface area (Å²) in [5, 5.41) is 0. The molecule has 2 aromatic rings. The molecule has 2 rings (SSSR count). The minimum atomic E-state index is -1.06. The zero-order valence-electron chi connectivity index (χ0n) is 15.9. The third kappa shape index (κ3) is 5.67. The van der Waals surface area contributed by atoms with E-state index in [9.17, 15) is 14.4 Å². The maximum Gasteiger partial charge on any atom is 0.338 e. The third-order valence-electron chi connectivity index (χ3n) is 3.97. The van der Waals surface area contributed by atoms with Crippen LogP contribution in [0.25, 0.3) is 0 Å². The Kier molecular flexibility index (Phi) is 6.34. The molecule has 0 spiro atoms. The second kappa shape index (κ2) is 8.49. The SMILES string of the molecule is C[C@@H](OC(=O)c1ccc(C(C)(C)C)cc1)C(=O)NNC(=O)c1ccccc1. The van der Waals surface area contributed by atoms with Gasteiger partial charge in [0.1, 0.15) is 0 Å². The predicted octanol–water partition coefficient (Wildman–Crippen LogP) is 2.99. The highest BCUT2D eigenvalue weighted by Gasteiger charge is 2.20. The molecular weight excluding hydrogens is 344 g/mol. The Morgan fingerprint density at radius 1 is 0.852 bits per heavy atom. The van der Waals surface area contributed by atoms with E-state index in [1.165, 1.54) is 6.92 Å². The van der Waals surface area contributed by atoms with Gasteiger partial charge < -0.3 is 4.74 Å². The molecule has 27 heavy (non-hydrogen) atoms. The lowest BCUT2D eigenvalue weighted by Gasteiger charge is -2.19. The van der Waals surface area contributed by atoms with E-state index < -0.39 is 23.9 Å². The summed E-state index contributed by atoms with van der Waals surface area (Å²) in [5.41, 5.74) is 6.37. The largest absolute Gasteiger partial charge is 0.449 e. The van der Waals surface area contributed by atoms with Gasteiger partial charge in [-0.05, 0) is 42.2 Å². The number of amides is 2. The van der Waals surface area contributed by atoms with Crippen molar-refractivity contribution >= 4 is 17.8 Å². The van der Waals surface area contributed by atoms with Gasteiger partial charge in [-0.15, -0.1) is 0 Å². The van der Waals surface area contributed by atoms with E-state index in [4.69, 9.17) is 4.74 Å². The summed E-state index contributed by atoms with van der Waals surface area (Å²) in [5.74, 6) is -1.69. The number of esters is 1. The first-order chi connectivity index (χ1) is 12.7. The fourth-order valence-corrected chi connectivity index (χ4v) is 2.27. The third-order valence-corrected chi connectivity index (χ3v) is 3.97. The topological polar surface area (TPSA) is 84.5 Å². The molecule has 0 aromatic heterocycles. The molecule has 0 heterocycles. The molecule has 0 saturated carbocycles. The summed E-state index contributed by atoms with van der Waals surface area (Å²) < 4.78 is 5.16. The van der Waals surface area contributed by atoms with Crippen molar-refractivity contribution in [2.24, 2.45) is 0 Å². The summed E-state index contributed by atoms with van der Waals surface area (Å²) in [6.45, 7) is 7.68. The minimum Gasteiger partial charge on any atom is -0.449 e. The second-order valence-electron chi connectivity index (χ2n) is 7.18. The quantitative estimate of drug-likeness (QED) is 0.642. The van der Waals surface area contributed by atoms with Gasteiger partial charge in [0.2, 0.25) is 0 Å². The van der Waals surface area contributed by atoms with Gasteiger partial charge in [-0.1, -0.05) is 51.1 Å². The van der Waals surface area contributed by atoms with Gasteiger partial charge in [-0.25, -0.2) is 4.79 Å². The Morgan fingerprint density at radius 3 is 2.00 bits per heavy atom. The van der Waals surface area contributed by atoms with Gasteiger partial charge in [0.15, 0.2) is 6.10 Å². The highest BCUT2D eigenvalue weighted by atomic mass is 16.5. The van der Waals surface area contributed by atoms with Crippen molar-refractivity contribution in [3.63, 3.8) is 0 Å². The molecule has 142 valence electrons. The maximum atomic E-state index is 12.2. The van der Waals surface area contributed by atoms with Crippen LogP contribution in [-0.4, -0.2) is 23.9 Å². The zero-order valence-corrected chi connectivity index (χ0v) is 15.9. The summed E-state index contributed by atoms with van der Waals surface area (Å²) in [6, 6.07) is 15.5. The van der Waals surface area contributed by atoms with E-state index >= 15 is 0 Å². The standard InChI is InChI=1S/C21H24N2O4/c1-14(18(24)22-23-19(25)15-8-6-5-7-9-15)27-20(26)16-10-12-17(13-11-16)21(2,3)4/h5-14H,1-4H3,(H,22,24)(H,23,25)/t14-/m1/s1. The second-order valence-corrected chi connectivity index (χ2v) is 7.18. The summed E-state index contributed by atoms with van der Waals surface area (Å²) >= 11 is 0. The summed E-state index contributed by atoms with van der Waals surface area (Å²) in [6.07, 6.45) is -1.06. The highest BCUT2D eigenvalue weighted by molar-refractivity contribution is 5.96. The lowest BCUT2D eigenvalue weighted by atomic mass is 9.87. The Labute approximate surface area is 158 Å². The number of carbonyl (C=O) groups excluding carboxylic acids is 3. The van der Waals surface area contributed by atoms with Crippen LogP contribution in [0.2, 0.25) is 0 Å². The smallest absolute Gasteiger partial charge is 0.338 e. The number of ether oxygens (including phenoxy) is 1. The van der Waals surface area contributed by atoms with Gasteiger partial charge >= 0.3 is 5.97 Å². The average molecular weight is 368 g/mol. The van der Waals surface area contributed by atoms with Crippen molar-refractivity contribution in [1.29, 1.82) is 0 Å². The van der Waals surface area contributed by atoms with E-state index in [1.807, 2.05) is 12.1 Å². The average Bonchev–Trinajstić information content (AvgIpc) is 2.65. The molecule has 0 aliphatic heterocycles. The van der Waals surface area contributed by atoms with E-state index in [0.29, 0.717) is 11.1 Å². The maximum absolute atomic E-state index is 12.2. The molecule has 2 aromatic carbocycles. The number of carbonyl (C=O) groups is 3. The van der Waals surface area contributed by atoms with Gasteiger partial charge in [-0.2, -0.15) is 0 Å². The molecule has 0 unspecified atom stereocenters. The van der Waals surface area contributed by atoms with Crippen LogP contribution in [0, 0.1) is 0 Å². The normalized spacial score (nSPS) is 12.0. The molecular formula is C21H24N2O4. The van der Waals surface area contributed by atoms with Crippen LogP contribution in [0.3, 0.4) is 0 Å². The van der Waals surface area contributed by atoms with Gasteiger partial charge in [0.25, 0.3) is 11.8 Å². The lowest BCUT2D eigenvalue weighted by Crippen LogP contribution is -2.46. The van der Waals surface area contributed by atoms with E-state index in [2.05, 4.69) is 31.6 Å². The lowest BCUT2D eigenvalue weighted by molar-refractivity contribution is -0.129. The van der Waals surface area contributed by atoms with Crippen LogP contribution >= 0.6 is 0 Å². The molecule has 6 nitrogen and oxygen atoms in total. The van der Waals surface area contributed by atoms with E-state index in [0.717, 1.165) is 5.56 Å². The molecule has 0 radical (unpaired) electrons. The van der Waals surface area contributed by atoms with Crippen LogP contribution in [0.15, 0.2) is 54.6 Å². The van der Waals surface area contributed by atoms with Crippen LogP contribution in [-0.2, 0) is 14.9 Å². The van der Waals surface area contributed by atoms with E-state index in [-0.39, 0.29) is 5.41 Å². The number of benzene rings is 2.